The Morgan fingerprint density at radius 1 is 1.32 bits per heavy atom. The van der Waals surface area contributed by atoms with Crippen LogP contribution in [0.25, 0.3) is 0 Å². The molecule has 0 amide bonds. The van der Waals surface area contributed by atoms with Crippen molar-refractivity contribution in [2.24, 2.45) is 4.99 Å². The summed E-state index contributed by atoms with van der Waals surface area (Å²) in [5.41, 5.74) is 0.866. The number of benzene rings is 1. The first-order chi connectivity index (χ1) is 11.6. The summed E-state index contributed by atoms with van der Waals surface area (Å²) in [6, 6.07) is 5.60. The van der Waals surface area contributed by atoms with Gasteiger partial charge in [0.05, 0.1) is 11.0 Å². The molecule has 0 radical (unpaired) electrons. The molecule has 25 heavy (non-hydrogen) atoms. The Morgan fingerprint density at radius 3 is 2.64 bits per heavy atom. The van der Waals surface area contributed by atoms with Gasteiger partial charge in [0.1, 0.15) is 5.82 Å². The van der Waals surface area contributed by atoms with Crippen molar-refractivity contribution in [2.75, 3.05) is 26.2 Å². The van der Waals surface area contributed by atoms with Gasteiger partial charge in [0.2, 0.25) is 0 Å². The number of piperidine rings is 1. The lowest BCUT2D eigenvalue weighted by Crippen LogP contribution is -2.48. The Labute approximate surface area is 176 Å². The van der Waals surface area contributed by atoms with Crippen LogP contribution in [0.3, 0.4) is 0 Å². The molecule has 4 nitrogen and oxygen atoms in total. The van der Waals surface area contributed by atoms with Crippen molar-refractivity contribution in [2.45, 2.75) is 45.7 Å². The van der Waals surface area contributed by atoms with Gasteiger partial charge in [-0.25, -0.2) is 9.38 Å². The number of aliphatic imine (C=N–C) groups is 1. The van der Waals surface area contributed by atoms with Gasteiger partial charge in [-0.1, -0.05) is 13.0 Å². The van der Waals surface area contributed by atoms with Gasteiger partial charge in [0.25, 0.3) is 0 Å². The number of nitrogens with one attached hydrogen (secondary N) is 2. The summed E-state index contributed by atoms with van der Waals surface area (Å²) in [6.45, 7) is 9.04. The molecule has 0 unspecified atom stereocenters. The molecule has 1 fully saturated rings. The van der Waals surface area contributed by atoms with Crippen LogP contribution in [-0.2, 0) is 6.54 Å². The van der Waals surface area contributed by atoms with Gasteiger partial charge < -0.3 is 15.5 Å². The van der Waals surface area contributed by atoms with Gasteiger partial charge >= 0.3 is 0 Å². The number of hydrogen-bond donors (Lipinski definition) is 2. The van der Waals surface area contributed by atoms with E-state index < -0.39 is 0 Å². The molecule has 1 aliphatic rings. The number of guanidine groups is 1. The van der Waals surface area contributed by atoms with Gasteiger partial charge in [-0.15, -0.1) is 24.0 Å². The van der Waals surface area contributed by atoms with Crippen molar-refractivity contribution >= 4 is 45.9 Å². The fourth-order valence-electron chi connectivity index (χ4n) is 2.94. The highest BCUT2D eigenvalue weighted by Crippen LogP contribution is 2.17. The van der Waals surface area contributed by atoms with Crippen LogP contribution in [0.1, 0.15) is 38.7 Å². The number of likely N-dealkylation sites (tertiary alicyclic amines) is 1. The first-order valence-corrected chi connectivity index (χ1v) is 9.62. The SMILES string of the molecule is CCCN1CCC(NC(=NCc2ccc(Br)c(F)c2)NCC)CC1.I. The summed E-state index contributed by atoms with van der Waals surface area (Å²) < 4.78 is 14.1. The highest BCUT2D eigenvalue weighted by molar-refractivity contribution is 14.0. The summed E-state index contributed by atoms with van der Waals surface area (Å²) in [5, 5.41) is 6.81. The van der Waals surface area contributed by atoms with Crippen LogP contribution in [0.4, 0.5) is 4.39 Å². The molecular formula is C18H29BrFIN4. The molecule has 1 saturated heterocycles. The fourth-order valence-corrected chi connectivity index (χ4v) is 3.19. The highest BCUT2D eigenvalue weighted by Gasteiger charge is 2.19. The molecule has 1 aliphatic heterocycles. The van der Waals surface area contributed by atoms with Crippen molar-refractivity contribution in [1.29, 1.82) is 0 Å². The third-order valence-electron chi connectivity index (χ3n) is 4.22. The van der Waals surface area contributed by atoms with Crippen molar-refractivity contribution in [1.82, 2.24) is 15.5 Å². The average Bonchev–Trinajstić information content (AvgIpc) is 2.58. The van der Waals surface area contributed by atoms with Crippen LogP contribution in [0, 0.1) is 5.82 Å². The maximum absolute atomic E-state index is 13.6. The molecular weight excluding hydrogens is 498 g/mol. The molecule has 0 bridgehead atoms. The summed E-state index contributed by atoms with van der Waals surface area (Å²) in [4.78, 5) is 7.12. The van der Waals surface area contributed by atoms with Crippen molar-refractivity contribution in [3.05, 3.63) is 34.1 Å². The Morgan fingerprint density at radius 2 is 2.04 bits per heavy atom. The van der Waals surface area contributed by atoms with Crippen LogP contribution >= 0.6 is 39.9 Å². The number of hydrogen-bond acceptors (Lipinski definition) is 2. The zero-order valence-corrected chi connectivity index (χ0v) is 18.9. The van der Waals surface area contributed by atoms with Crippen LogP contribution < -0.4 is 10.6 Å². The molecule has 1 aromatic carbocycles. The van der Waals surface area contributed by atoms with E-state index in [-0.39, 0.29) is 29.8 Å². The molecule has 0 aliphatic carbocycles. The topological polar surface area (TPSA) is 39.7 Å². The molecule has 1 aromatic rings. The highest BCUT2D eigenvalue weighted by atomic mass is 127. The van der Waals surface area contributed by atoms with E-state index in [2.05, 4.69) is 50.3 Å². The summed E-state index contributed by atoms with van der Waals surface area (Å²) in [6.07, 6.45) is 3.49. The Balaban J connectivity index is 0.00000312. The molecule has 0 spiro atoms. The molecule has 0 aromatic heterocycles. The predicted octanol–water partition coefficient (Wildman–Crippen LogP) is 4.14. The monoisotopic (exact) mass is 526 g/mol. The van der Waals surface area contributed by atoms with E-state index in [1.54, 1.807) is 6.07 Å². The molecule has 1 heterocycles. The van der Waals surface area contributed by atoms with Crippen LogP contribution in [0.2, 0.25) is 0 Å². The number of halogens is 3. The third-order valence-corrected chi connectivity index (χ3v) is 4.86. The van der Waals surface area contributed by atoms with Crippen LogP contribution in [0.5, 0.6) is 0 Å². The first kappa shape index (κ1) is 22.6. The average molecular weight is 527 g/mol. The summed E-state index contributed by atoms with van der Waals surface area (Å²) in [7, 11) is 0. The van der Waals surface area contributed by atoms with E-state index in [9.17, 15) is 4.39 Å². The predicted molar refractivity (Wildman–Crippen MR) is 117 cm³/mol. The zero-order chi connectivity index (χ0) is 17.4. The van der Waals surface area contributed by atoms with Gasteiger partial charge in [-0.05, 0) is 66.4 Å². The van der Waals surface area contributed by atoms with E-state index in [0.29, 0.717) is 17.1 Å². The van der Waals surface area contributed by atoms with Crippen molar-refractivity contribution in [3.8, 4) is 0 Å². The lowest BCUT2D eigenvalue weighted by atomic mass is 10.1. The molecule has 2 rings (SSSR count). The summed E-state index contributed by atoms with van der Waals surface area (Å²) >= 11 is 3.18. The van der Waals surface area contributed by atoms with E-state index >= 15 is 0 Å². The molecule has 142 valence electrons. The van der Waals surface area contributed by atoms with E-state index in [1.807, 2.05) is 6.07 Å². The minimum atomic E-state index is -0.246. The Bertz CT molecular complexity index is 548. The second-order valence-corrected chi connectivity index (χ2v) is 7.06. The lowest BCUT2D eigenvalue weighted by molar-refractivity contribution is 0.206. The quantitative estimate of drug-likeness (QED) is 0.332. The molecule has 2 N–H and O–H groups in total. The number of rotatable bonds is 6. The lowest BCUT2D eigenvalue weighted by Gasteiger charge is -2.32. The maximum Gasteiger partial charge on any atom is 0.191 e. The largest absolute Gasteiger partial charge is 0.357 e. The van der Waals surface area contributed by atoms with Crippen molar-refractivity contribution < 1.29 is 4.39 Å². The maximum atomic E-state index is 13.6. The smallest absolute Gasteiger partial charge is 0.191 e. The van der Waals surface area contributed by atoms with Gasteiger partial charge in [-0.2, -0.15) is 0 Å². The van der Waals surface area contributed by atoms with Gasteiger partial charge in [-0.3, -0.25) is 0 Å². The minimum absolute atomic E-state index is 0. The van der Waals surface area contributed by atoms with Crippen LogP contribution in [0.15, 0.2) is 27.7 Å². The summed E-state index contributed by atoms with van der Waals surface area (Å²) in [5.74, 6) is 0.568. The van der Waals surface area contributed by atoms with E-state index in [0.717, 1.165) is 44.0 Å². The normalized spacial score (nSPS) is 16.4. The van der Waals surface area contributed by atoms with Crippen LogP contribution in [-0.4, -0.2) is 43.1 Å². The second-order valence-electron chi connectivity index (χ2n) is 6.20. The minimum Gasteiger partial charge on any atom is -0.357 e. The zero-order valence-electron chi connectivity index (χ0n) is 15.0. The molecule has 7 heteroatoms. The first-order valence-electron chi connectivity index (χ1n) is 8.83. The molecule has 0 saturated carbocycles. The number of nitrogens with zero attached hydrogens (tertiary/aromatic N) is 2. The molecule has 0 atom stereocenters. The standard InChI is InChI=1S/C18H28BrFN4.HI/c1-3-9-24-10-7-15(8-11-24)23-18(21-4-2)22-13-14-5-6-16(19)17(20)12-14;/h5-6,12,15H,3-4,7-11,13H2,1-2H3,(H2,21,22,23);1H. The van der Waals surface area contributed by atoms with Gasteiger partial charge in [0, 0.05) is 25.7 Å². The van der Waals surface area contributed by atoms with Crippen molar-refractivity contribution in [3.63, 3.8) is 0 Å². The van der Waals surface area contributed by atoms with E-state index in [1.165, 1.54) is 19.0 Å². The Hall–Kier alpha value is -0.410. The second kappa shape index (κ2) is 12.1. The Kier molecular flexibility index (Phi) is 10.9. The fraction of sp³-hybridized carbons (Fsp3) is 0.611. The van der Waals surface area contributed by atoms with Gasteiger partial charge in [0.15, 0.2) is 5.96 Å². The third kappa shape index (κ3) is 7.78. The van der Waals surface area contributed by atoms with E-state index in [4.69, 9.17) is 0 Å².